The first-order chi connectivity index (χ1) is 9.19. The third-order valence-corrected chi connectivity index (χ3v) is 3.60. The second-order valence-electron chi connectivity index (χ2n) is 4.64. The molecule has 1 nitrogen and oxygen atoms in total. The molecule has 1 rings (SSSR count). The zero-order valence-electron chi connectivity index (χ0n) is 11.4. The van der Waals surface area contributed by atoms with E-state index in [2.05, 4.69) is 22.9 Å². The number of rotatable bonds is 9. The molecule has 1 aromatic carbocycles. The van der Waals surface area contributed by atoms with E-state index < -0.39 is 11.6 Å². The Balaban J connectivity index is 2.33. The fraction of sp³-hybridized carbons (Fsp3) is 0.600. The number of halogens is 3. The Hall–Kier alpha value is -0.640. The molecule has 0 N–H and O–H groups in total. The molecule has 0 saturated carbocycles. The molecule has 0 unspecified atom stereocenters. The van der Waals surface area contributed by atoms with Gasteiger partial charge in [-0.1, -0.05) is 55.0 Å². The molecular formula is C15H21BrF2O. The normalized spacial score (nSPS) is 10.7. The highest BCUT2D eigenvalue weighted by molar-refractivity contribution is 9.08. The molecule has 0 heterocycles. The van der Waals surface area contributed by atoms with Crippen LogP contribution in [0.1, 0.15) is 51.0 Å². The van der Waals surface area contributed by atoms with Crippen molar-refractivity contribution in [2.24, 2.45) is 0 Å². The molecule has 108 valence electrons. The van der Waals surface area contributed by atoms with Gasteiger partial charge in [-0.05, 0) is 24.1 Å². The molecular weight excluding hydrogens is 314 g/mol. The van der Waals surface area contributed by atoms with Gasteiger partial charge in [-0.25, -0.2) is 8.78 Å². The zero-order valence-corrected chi connectivity index (χ0v) is 12.9. The van der Waals surface area contributed by atoms with Crippen molar-refractivity contribution >= 4 is 15.9 Å². The second-order valence-corrected chi connectivity index (χ2v) is 5.20. The minimum absolute atomic E-state index is 0.252. The van der Waals surface area contributed by atoms with Crippen LogP contribution >= 0.6 is 15.9 Å². The van der Waals surface area contributed by atoms with Gasteiger partial charge in [0.15, 0.2) is 17.4 Å². The van der Waals surface area contributed by atoms with Crippen molar-refractivity contribution in [2.45, 2.75) is 50.8 Å². The van der Waals surface area contributed by atoms with Gasteiger partial charge < -0.3 is 4.74 Å². The number of ether oxygens (including phenoxy) is 1. The van der Waals surface area contributed by atoms with Crippen molar-refractivity contribution in [3.8, 4) is 5.75 Å². The van der Waals surface area contributed by atoms with Gasteiger partial charge in [-0.3, -0.25) is 0 Å². The molecule has 0 aromatic heterocycles. The highest BCUT2D eigenvalue weighted by atomic mass is 79.9. The van der Waals surface area contributed by atoms with Crippen LogP contribution in [0.25, 0.3) is 0 Å². The molecule has 0 aliphatic heterocycles. The second kappa shape index (κ2) is 9.29. The van der Waals surface area contributed by atoms with Gasteiger partial charge in [0, 0.05) is 5.33 Å². The van der Waals surface area contributed by atoms with Gasteiger partial charge in [0.05, 0.1) is 6.61 Å². The Morgan fingerprint density at radius 3 is 2.16 bits per heavy atom. The number of benzene rings is 1. The van der Waals surface area contributed by atoms with Gasteiger partial charge in [0.25, 0.3) is 0 Å². The molecule has 0 fully saturated rings. The maximum atomic E-state index is 13.6. The summed E-state index contributed by atoms with van der Waals surface area (Å²) in [5.74, 6) is -1.50. The summed E-state index contributed by atoms with van der Waals surface area (Å²) in [6, 6.07) is 2.60. The van der Waals surface area contributed by atoms with E-state index in [1.54, 1.807) is 0 Å². The molecule has 0 radical (unpaired) electrons. The molecule has 0 aliphatic carbocycles. The minimum atomic E-state index is -0.625. The fourth-order valence-electron chi connectivity index (χ4n) is 1.88. The summed E-state index contributed by atoms with van der Waals surface area (Å²) >= 11 is 3.17. The van der Waals surface area contributed by atoms with E-state index in [9.17, 15) is 8.78 Å². The molecule has 0 spiro atoms. The first-order valence-corrected chi connectivity index (χ1v) is 7.97. The van der Waals surface area contributed by atoms with E-state index in [4.69, 9.17) is 4.74 Å². The van der Waals surface area contributed by atoms with Crippen LogP contribution in [-0.4, -0.2) is 6.61 Å². The van der Waals surface area contributed by atoms with Gasteiger partial charge >= 0.3 is 0 Å². The smallest absolute Gasteiger partial charge is 0.190 e. The Labute approximate surface area is 122 Å². The molecule has 0 saturated heterocycles. The third kappa shape index (κ3) is 5.89. The summed E-state index contributed by atoms with van der Waals surface area (Å²) < 4.78 is 32.4. The first-order valence-electron chi connectivity index (χ1n) is 6.85. The monoisotopic (exact) mass is 334 g/mol. The van der Waals surface area contributed by atoms with Crippen molar-refractivity contribution in [1.82, 2.24) is 0 Å². The molecule has 1 aromatic rings. The van der Waals surface area contributed by atoms with E-state index in [0.717, 1.165) is 19.3 Å². The number of hydrogen-bond donors (Lipinski definition) is 0. The lowest BCUT2D eigenvalue weighted by atomic mass is 10.1. The largest absolute Gasteiger partial charge is 0.488 e. The van der Waals surface area contributed by atoms with Crippen molar-refractivity contribution in [3.05, 3.63) is 29.3 Å². The lowest BCUT2D eigenvalue weighted by molar-refractivity contribution is 0.275. The molecule has 0 amide bonds. The fourth-order valence-corrected chi connectivity index (χ4v) is 2.21. The summed E-state index contributed by atoms with van der Waals surface area (Å²) in [5.41, 5.74) is 0.571. The quantitative estimate of drug-likeness (QED) is 0.422. The van der Waals surface area contributed by atoms with E-state index in [-0.39, 0.29) is 5.75 Å². The standard InChI is InChI=1S/C15H21BrF2O/c1-2-3-4-5-6-7-8-19-15-13(17)9-12(11-16)10-14(15)18/h9-10H,2-8,11H2,1H3. The van der Waals surface area contributed by atoms with Crippen molar-refractivity contribution in [2.75, 3.05) is 6.61 Å². The van der Waals surface area contributed by atoms with E-state index in [1.807, 2.05) is 0 Å². The Morgan fingerprint density at radius 1 is 1.00 bits per heavy atom. The van der Waals surface area contributed by atoms with Gasteiger partial charge in [0.2, 0.25) is 0 Å². The average molecular weight is 335 g/mol. The first kappa shape index (κ1) is 16.4. The van der Waals surface area contributed by atoms with Crippen LogP contribution in [0.15, 0.2) is 12.1 Å². The topological polar surface area (TPSA) is 9.23 Å². The van der Waals surface area contributed by atoms with Crippen LogP contribution in [0.4, 0.5) is 8.78 Å². The Morgan fingerprint density at radius 2 is 1.58 bits per heavy atom. The molecule has 0 atom stereocenters. The van der Waals surface area contributed by atoms with Crippen LogP contribution in [0, 0.1) is 11.6 Å². The number of alkyl halides is 1. The van der Waals surface area contributed by atoms with E-state index >= 15 is 0 Å². The lowest BCUT2D eigenvalue weighted by Gasteiger charge is -2.09. The van der Waals surface area contributed by atoms with E-state index in [0.29, 0.717) is 17.5 Å². The molecule has 0 bridgehead atoms. The maximum absolute atomic E-state index is 13.6. The summed E-state index contributed by atoms with van der Waals surface area (Å²) in [6.07, 6.45) is 6.72. The predicted octanol–water partition coefficient (Wildman–Crippen LogP) is 5.60. The predicted molar refractivity (Wildman–Crippen MR) is 77.9 cm³/mol. The van der Waals surface area contributed by atoms with Crippen LogP contribution in [0.2, 0.25) is 0 Å². The SMILES string of the molecule is CCCCCCCCOc1c(F)cc(CBr)cc1F. The maximum Gasteiger partial charge on any atom is 0.190 e. The van der Waals surface area contributed by atoms with Crippen LogP contribution < -0.4 is 4.74 Å². The third-order valence-electron chi connectivity index (χ3n) is 2.96. The Bertz CT molecular complexity index is 359. The van der Waals surface area contributed by atoms with Crippen LogP contribution in [0.3, 0.4) is 0 Å². The minimum Gasteiger partial charge on any atom is -0.488 e. The number of unbranched alkanes of at least 4 members (excludes halogenated alkanes) is 5. The van der Waals surface area contributed by atoms with Gasteiger partial charge in [-0.15, -0.1) is 0 Å². The highest BCUT2D eigenvalue weighted by Gasteiger charge is 2.12. The average Bonchev–Trinajstić information content (AvgIpc) is 2.40. The summed E-state index contributed by atoms with van der Waals surface area (Å²) in [5, 5.41) is 0.429. The van der Waals surface area contributed by atoms with Crippen LogP contribution in [-0.2, 0) is 5.33 Å². The Kier molecular flexibility index (Phi) is 8.03. The number of hydrogen-bond acceptors (Lipinski definition) is 1. The molecule has 19 heavy (non-hydrogen) atoms. The summed E-state index contributed by atoms with van der Waals surface area (Å²) in [6.45, 7) is 2.54. The lowest BCUT2D eigenvalue weighted by Crippen LogP contribution is -2.02. The van der Waals surface area contributed by atoms with Crippen molar-refractivity contribution in [1.29, 1.82) is 0 Å². The van der Waals surface area contributed by atoms with E-state index in [1.165, 1.54) is 31.4 Å². The zero-order chi connectivity index (χ0) is 14.1. The summed E-state index contributed by atoms with van der Waals surface area (Å²) in [4.78, 5) is 0. The van der Waals surface area contributed by atoms with Crippen LogP contribution in [0.5, 0.6) is 5.75 Å². The van der Waals surface area contributed by atoms with Gasteiger partial charge in [-0.2, -0.15) is 0 Å². The van der Waals surface area contributed by atoms with Crippen molar-refractivity contribution < 1.29 is 13.5 Å². The summed E-state index contributed by atoms with van der Waals surface area (Å²) in [7, 11) is 0. The molecule has 0 aliphatic rings. The highest BCUT2D eigenvalue weighted by Crippen LogP contribution is 2.24. The van der Waals surface area contributed by atoms with Crippen molar-refractivity contribution in [3.63, 3.8) is 0 Å². The molecule has 4 heteroatoms. The van der Waals surface area contributed by atoms with Gasteiger partial charge in [0.1, 0.15) is 0 Å².